The van der Waals surface area contributed by atoms with Gasteiger partial charge in [-0.15, -0.1) is 0 Å². The Bertz CT molecular complexity index is 285. The van der Waals surface area contributed by atoms with Crippen molar-refractivity contribution in [1.82, 2.24) is 10.2 Å². The van der Waals surface area contributed by atoms with Gasteiger partial charge in [0.1, 0.15) is 0 Å². The highest BCUT2D eigenvalue weighted by Crippen LogP contribution is 2.19. The summed E-state index contributed by atoms with van der Waals surface area (Å²) in [6, 6.07) is 0.361. The number of nitrogens with one attached hydrogen (secondary N) is 1. The fourth-order valence-corrected chi connectivity index (χ4v) is 3.03. The Hall–Kier alpha value is -0.650. The monoisotopic (exact) mass is 283 g/mol. The molecule has 0 aromatic rings. The molecule has 1 aliphatic heterocycles. The molecule has 0 unspecified atom stereocenters. The first-order chi connectivity index (χ1) is 9.74. The minimum Gasteiger partial charge on any atom is -0.376 e. The fourth-order valence-electron chi connectivity index (χ4n) is 3.03. The second-order valence-corrected chi connectivity index (χ2v) is 6.06. The molecule has 1 aliphatic carbocycles. The quantitative estimate of drug-likeness (QED) is 0.681. The third-order valence-electron chi connectivity index (χ3n) is 4.35. The molecule has 0 bridgehead atoms. The standard InChI is InChI=1S/C15H29N3O2/c16-13-3-5-14(6-4-13)20-12-8-17-15(19)7-11-18-9-1-2-10-18/h13-14H,1-12,16H2,(H,17,19). The van der Waals surface area contributed by atoms with E-state index in [0.717, 1.165) is 45.3 Å². The molecule has 0 aromatic heterocycles. The Morgan fingerprint density at radius 2 is 1.90 bits per heavy atom. The number of amides is 1. The number of hydrogen-bond acceptors (Lipinski definition) is 4. The lowest BCUT2D eigenvalue weighted by Crippen LogP contribution is -2.34. The van der Waals surface area contributed by atoms with Crippen LogP contribution in [0.4, 0.5) is 0 Å². The van der Waals surface area contributed by atoms with Gasteiger partial charge in [0.2, 0.25) is 5.91 Å². The van der Waals surface area contributed by atoms with Crippen LogP contribution < -0.4 is 11.1 Å². The summed E-state index contributed by atoms with van der Waals surface area (Å²) < 4.78 is 5.78. The molecule has 5 nitrogen and oxygen atoms in total. The number of carbonyl (C=O) groups excluding carboxylic acids is 1. The van der Waals surface area contributed by atoms with E-state index in [0.29, 0.717) is 31.7 Å². The van der Waals surface area contributed by atoms with Crippen LogP contribution in [-0.2, 0) is 9.53 Å². The van der Waals surface area contributed by atoms with Gasteiger partial charge in [0.25, 0.3) is 0 Å². The first kappa shape index (κ1) is 15.7. The highest BCUT2D eigenvalue weighted by atomic mass is 16.5. The minimum absolute atomic E-state index is 0.145. The molecule has 3 N–H and O–H groups in total. The smallest absolute Gasteiger partial charge is 0.221 e. The molecule has 0 atom stereocenters. The molecule has 20 heavy (non-hydrogen) atoms. The molecule has 0 radical (unpaired) electrons. The highest BCUT2D eigenvalue weighted by Gasteiger charge is 2.18. The Kier molecular flexibility index (Phi) is 6.76. The van der Waals surface area contributed by atoms with Crippen LogP contribution >= 0.6 is 0 Å². The molecule has 1 saturated carbocycles. The average Bonchev–Trinajstić information content (AvgIpc) is 2.96. The molecule has 0 aromatic carbocycles. The van der Waals surface area contributed by atoms with E-state index in [1.807, 2.05) is 0 Å². The summed E-state index contributed by atoms with van der Waals surface area (Å²) in [6.07, 6.45) is 7.75. The minimum atomic E-state index is 0.145. The van der Waals surface area contributed by atoms with Gasteiger partial charge >= 0.3 is 0 Å². The van der Waals surface area contributed by atoms with Crippen LogP contribution in [0.1, 0.15) is 44.9 Å². The maximum Gasteiger partial charge on any atom is 0.221 e. The molecule has 1 saturated heterocycles. The predicted octanol–water partition coefficient (Wildman–Crippen LogP) is 0.875. The van der Waals surface area contributed by atoms with Crippen LogP contribution in [0.2, 0.25) is 0 Å². The molecule has 5 heteroatoms. The zero-order valence-corrected chi connectivity index (χ0v) is 12.5. The molecule has 1 amide bonds. The van der Waals surface area contributed by atoms with E-state index >= 15 is 0 Å². The van der Waals surface area contributed by atoms with Crippen molar-refractivity contribution >= 4 is 5.91 Å². The van der Waals surface area contributed by atoms with E-state index < -0.39 is 0 Å². The first-order valence-corrected chi connectivity index (χ1v) is 8.10. The maximum absolute atomic E-state index is 11.7. The molecular weight excluding hydrogens is 254 g/mol. The fraction of sp³-hybridized carbons (Fsp3) is 0.933. The number of carbonyl (C=O) groups is 1. The van der Waals surface area contributed by atoms with Crippen molar-refractivity contribution in [3.8, 4) is 0 Å². The largest absolute Gasteiger partial charge is 0.376 e. The molecular formula is C15H29N3O2. The van der Waals surface area contributed by atoms with Crippen LogP contribution in [0.25, 0.3) is 0 Å². The molecule has 2 fully saturated rings. The molecule has 0 spiro atoms. The third-order valence-corrected chi connectivity index (χ3v) is 4.35. The van der Waals surface area contributed by atoms with Crippen LogP contribution in [0.3, 0.4) is 0 Å². The molecule has 1 heterocycles. The SMILES string of the molecule is NC1CCC(OCCNC(=O)CCN2CCCC2)CC1. The Morgan fingerprint density at radius 3 is 2.60 bits per heavy atom. The van der Waals surface area contributed by atoms with Gasteiger partial charge < -0.3 is 20.7 Å². The third kappa shape index (κ3) is 5.77. The van der Waals surface area contributed by atoms with E-state index in [1.54, 1.807) is 0 Å². The zero-order valence-electron chi connectivity index (χ0n) is 12.5. The number of hydrogen-bond donors (Lipinski definition) is 2. The van der Waals surface area contributed by atoms with Gasteiger partial charge in [-0.3, -0.25) is 4.79 Å². The number of ether oxygens (including phenoxy) is 1. The topological polar surface area (TPSA) is 67.6 Å². The zero-order chi connectivity index (χ0) is 14.2. The van der Waals surface area contributed by atoms with Crippen LogP contribution in [0, 0.1) is 0 Å². The Labute approximate surface area is 122 Å². The summed E-state index contributed by atoms with van der Waals surface area (Å²) in [6.45, 7) is 4.45. The second kappa shape index (κ2) is 8.60. The lowest BCUT2D eigenvalue weighted by molar-refractivity contribution is -0.121. The van der Waals surface area contributed by atoms with Crippen molar-refractivity contribution in [3.05, 3.63) is 0 Å². The summed E-state index contributed by atoms with van der Waals surface area (Å²) in [5.41, 5.74) is 5.86. The summed E-state index contributed by atoms with van der Waals surface area (Å²) in [5, 5.41) is 2.94. The predicted molar refractivity (Wildman–Crippen MR) is 79.5 cm³/mol. The van der Waals surface area contributed by atoms with E-state index in [4.69, 9.17) is 10.5 Å². The lowest BCUT2D eigenvalue weighted by atomic mass is 9.94. The summed E-state index contributed by atoms with van der Waals surface area (Å²) in [7, 11) is 0. The van der Waals surface area contributed by atoms with Crippen molar-refractivity contribution in [2.24, 2.45) is 5.73 Å². The number of likely N-dealkylation sites (tertiary alicyclic amines) is 1. The summed E-state index contributed by atoms with van der Waals surface area (Å²) in [4.78, 5) is 14.0. The molecule has 2 rings (SSSR count). The van der Waals surface area contributed by atoms with Crippen molar-refractivity contribution in [2.75, 3.05) is 32.8 Å². The van der Waals surface area contributed by atoms with Gasteiger partial charge in [-0.1, -0.05) is 0 Å². The van der Waals surface area contributed by atoms with Crippen molar-refractivity contribution in [2.45, 2.75) is 57.1 Å². The van der Waals surface area contributed by atoms with E-state index in [1.165, 1.54) is 12.8 Å². The summed E-state index contributed by atoms with van der Waals surface area (Å²) >= 11 is 0. The lowest BCUT2D eigenvalue weighted by Gasteiger charge is -2.26. The average molecular weight is 283 g/mol. The Balaban J connectivity index is 1.44. The normalized spacial score (nSPS) is 27.6. The maximum atomic E-state index is 11.7. The first-order valence-electron chi connectivity index (χ1n) is 8.10. The summed E-state index contributed by atoms with van der Waals surface area (Å²) in [5.74, 6) is 0.145. The number of nitrogens with zero attached hydrogens (tertiary/aromatic N) is 1. The van der Waals surface area contributed by atoms with E-state index in [-0.39, 0.29) is 5.91 Å². The highest BCUT2D eigenvalue weighted by molar-refractivity contribution is 5.76. The molecule has 116 valence electrons. The van der Waals surface area contributed by atoms with Gasteiger partial charge in [0, 0.05) is 25.6 Å². The van der Waals surface area contributed by atoms with Crippen molar-refractivity contribution in [3.63, 3.8) is 0 Å². The van der Waals surface area contributed by atoms with Gasteiger partial charge in [-0.05, 0) is 51.6 Å². The number of rotatable bonds is 7. The van der Waals surface area contributed by atoms with Crippen molar-refractivity contribution < 1.29 is 9.53 Å². The van der Waals surface area contributed by atoms with Gasteiger partial charge in [-0.2, -0.15) is 0 Å². The van der Waals surface area contributed by atoms with E-state index in [9.17, 15) is 4.79 Å². The molecule has 2 aliphatic rings. The van der Waals surface area contributed by atoms with Crippen LogP contribution in [0.5, 0.6) is 0 Å². The van der Waals surface area contributed by atoms with Crippen LogP contribution in [-0.4, -0.2) is 55.7 Å². The second-order valence-electron chi connectivity index (χ2n) is 6.06. The van der Waals surface area contributed by atoms with Crippen molar-refractivity contribution in [1.29, 1.82) is 0 Å². The van der Waals surface area contributed by atoms with Gasteiger partial charge in [0.15, 0.2) is 0 Å². The van der Waals surface area contributed by atoms with E-state index in [2.05, 4.69) is 10.2 Å². The van der Waals surface area contributed by atoms with Gasteiger partial charge in [0.05, 0.1) is 12.7 Å². The number of nitrogens with two attached hydrogens (primary N) is 1. The Morgan fingerprint density at radius 1 is 1.20 bits per heavy atom. The van der Waals surface area contributed by atoms with Crippen LogP contribution in [0.15, 0.2) is 0 Å². The van der Waals surface area contributed by atoms with Gasteiger partial charge in [-0.25, -0.2) is 0 Å².